The van der Waals surface area contributed by atoms with E-state index >= 15 is 0 Å². The first-order valence-electron chi connectivity index (χ1n) is 6.72. The highest BCUT2D eigenvalue weighted by molar-refractivity contribution is 9.11. The van der Waals surface area contributed by atoms with E-state index in [1.54, 1.807) is 17.4 Å². The van der Waals surface area contributed by atoms with Crippen molar-refractivity contribution in [3.63, 3.8) is 0 Å². The van der Waals surface area contributed by atoms with Crippen LogP contribution in [0.15, 0.2) is 46.3 Å². The van der Waals surface area contributed by atoms with E-state index in [0.29, 0.717) is 5.39 Å². The molecule has 0 amide bonds. The quantitative estimate of drug-likeness (QED) is 0.654. The topological polar surface area (TPSA) is 12.0 Å². The van der Waals surface area contributed by atoms with Crippen LogP contribution in [0.5, 0.6) is 0 Å². The van der Waals surface area contributed by atoms with Crippen LogP contribution < -0.4 is 5.32 Å². The van der Waals surface area contributed by atoms with Crippen LogP contribution in [0.2, 0.25) is 0 Å². The summed E-state index contributed by atoms with van der Waals surface area (Å²) in [6.45, 7) is 2.08. The molecule has 0 saturated heterocycles. The van der Waals surface area contributed by atoms with Crippen LogP contribution in [-0.2, 0) is 0 Å². The largest absolute Gasteiger partial charge is 0.309 e. The Kier molecular flexibility index (Phi) is 4.11. The molecule has 3 aromatic rings. The number of nitrogens with one attached hydrogen (secondary N) is 1. The van der Waals surface area contributed by atoms with Crippen LogP contribution in [-0.4, -0.2) is 7.05 Å². The second-order valence-electron chi connectivity index (χ2n) is 5.01. The Balaban J connectivity index is 2.20. The molecule has 4 heteroatoms. The van der Waals surface area contributed by atoms with E-state index < -0.39 is 0 Å². The summed E-state index contributed by atoms with van der Waals surface area (Å²) < 4.78 is 15.1. The Morgan fingerprint density at radius 3 is 2.48 bits per heavy atom. The van der Waals surface area contributed by atoms with Gasteiger partial charge in [-0.15, -0.1) is 11.3 Å². The number of hydrogen-bond acceptors (Lipinski definition) is 2. The number of thiophene rings is 1. The average Bonchev–Trinajstić information content (AvgIpc) is 2.82. The molecule has 0 aliphatic rings. The lowest BCUT2D eigenvalue weighted by atomic mass is 9.97. The first kappa shape index (κ1) is 14.7. The zero-order valence-corrected chi connectivity index (χ0v) is 14.2. The molecule has 0 fully saturated rings. The molecule has 0 aliphatic carbocycles. The summed E-state index contributed by atoms with van der Waals surface area (Å²) in [5, 5.41) is 4.98. The van der Waals surface area contributed by atoms with Crippen LogP contribution in [0, 0.1) is 12.7 Å². The second-order valence-corrected chi connectivity index (χ2v) is 7.41. The smallest absolute Gasteiger partial charge is 0.131 e. The van der Waals surface area contributed by atoms with E-state index in [-0.39, 0.29) is 11.9 Å². The predicted molar refractivity (Wildman–Crippen MR) is 91.6 cm³/mol. The Morgan fingerprint density at radius 1 is 1.14 bits per heavy atom. The molecule has 0 spiro atoms. The van der Waals surface area contributed by atoms with Gasteiger partial charge in [0.15, 0.2) is 0 Å². The Bertz CT molecular complexity index is 777. The summed E-state index contributed by atoms with van der Waals surface area (Å²) in [5.74, 6) is -0.173. The molecular formula is C17H15BrFNS. The van der Waals surface area contributed by atoms with Gasteiger partial charge in [0.1, 0.15) is 5.82 Å². The number of hydrogen-bond donors (Lipinski definition) is 1. The Labute approximate surface area is 135 Å². The van der Waals surface area contributed by atoms with Crippen molar-refractivity contribution < 1.29 is 4.39 Å². The summed E-state index contributed by atoms with van der Waals surface area (Å²) in [4.78, 5) is 1.22. The molecule has 3 rings (SSSR count). The normalized spacial score (nSPS) is 12.8. The number of halogens is 2. The van der Waals surface area contributed by atoms with Gasteiger partial charge in [0.2, 0.25) is 0 Å². The monoisotopic (exact) mass is 363 g/mol. The minimum absolute atomic E-state index is 0.0606. The highest BCUT2D eigenvalue weighted by Crippen LogP contribution is 2.36. The van der Waals surface area contributed by atoms with Gasteiger partial charge in [0.05, 0.1) is 9.83 Å². The van der Waals surface area contributed by atoms with Gasteiger partial charge in [-0.1, -0.05) is 30.3 Å². The fraction of sp³-hybridized carbons (Fsp3) is 0.176. The van der Waals surface area contributed by atoms with Crippen LogP contribution in [0.25, 0.3) is 10.8 Å². The third kappa shape index (κ3) is 2.63. The van der Waals surface area contributed by atoms with Crippen molar-refractivity contribution >= 4 is 38.0 Å². The average molecular weight is 364 g/mol. The summed E-state index contributed by atoms with van der Waals surface area (Å²) in [6, 6.07) is 13.3. The zero-order chi connectivity index (χ0) is 15.0. The minimum atomic E-state index is -0.173. The summed E-state index contributed by atoms with van der Waals surface area (Å²) in [5.41, 5.74) is 2.32. The number of aryl methyl sites for hydroxylation is 1. The first-order chi connectivity index (χ1) is 10.1. The fourth-order valence-electron chi connectivity index (χ4n) is 2.61. The van der Waals surface area contributed by atoms with Gasteiger partial charge in [-0.3, -0.25) is 0 Å². The zero-order valence-electron chi connectivity index (χ0n) is 11.8. The third-order valence-electron chi connectivity index (χ3n) is 3.67. The van der Waals surface area contributed by atoms with Crippen molar-refractivity contribution in [3.8, 4) is 0 Å². The van der Waals surface area contributed by atoms with Crippen molar-refractivity contribution in [2.45, 2.75) is 13.0 Å². The molecule has 1 N–H and O–H groups in total. The predicted octanol–water partition coefficient (Wildman–Crippen LogP) is 5.42. The van der Waals surface area contributed by atoms with Gasteiger partial charge in [-0.05, 0) is 58.5 Å². The fourth-order valence-corrected chi connectivity index (χ4v) is 4.31. The Morgan fingerprint density at radius 2 is 1.86 bits per heavy atom. The van der Waals surface area contributed by atoms with Gasteiger partial charge in [0, 0.05) is 10.3 Å². The van der Waals surface area contributed by atoms with Gasteiger partial charge < -0.3 is 5.32 Å². The summed E-state index contributed by atoms with van der Waals surface area (Å²) in [7, 11) is 1.94. The van der Waals surface area contributed by atoms with E-state index in [0.717, 1.165) is 14.7 Å². The molecule has 21 heavy (non-hydrogen) atoms. The Hall–Kier alpha value is -1.23. The summed E-state index contributed by atoms with van der Waals surface area (Å²) >= 11 is 5.29. The van der Waals surface area contributed by atoms with Crippen LogP contribution in [0.3, 0.4) is 0 Å². The van der Waals surface area contributed by atoms with E-state index in [1.165, 1.54) is 10.4 Å². The van der Waals surface area contributed by atoms with E-state index in [9.17, 15) is 4.39 Å². The molecule has 0 bridgehead atoms. The molecule has 2 aromatic carbocycles. The molecule has 1 unspecified atom stereocenters. The van der Waals surface area contributed by atoms with Gasteiger partial charge in [-0.2, -0.15) is 0 Å². The maximum atomic E-state index is 14.0. The molecule has 1 heterocycles. The number of fused-ring (bicyclic) bond motifs is 1. The molecule has 1 aromatic heterocycles. The molecule has 1 nitrogen and oxygen atoms in total. The minimum Gasteiger partial charge on any atom is -0.309 e. The number of benzene rings is 2. The van der Waals surface area contributed by atoms with Crippen molar-refractivity contribution in [2.24, 2.45) is 0 Å². The van der Waals surface area contributed by atoms with Gasteiger partial charge >= 0.3 is 0 Å². The summed E-state index contributed by atoms with van der Waals surface area (Å²) in [6.07, 6.45) is 0. The van der Waals surface area contributed by atoms with Crippen LogP contribution >= 0.6 is 27.3 Å². The van der Waals surface area contributed by atoms with E-state index in [4.69, 9.17) is 0 Å². The molecular weight excluding hydrogens is 349 g/mol. The van der Waals surface area contributed by atoms with E-state index in [1.807, 2.05) is 37.4 Å². The van der Waals surface area contributed by atoms with Crippen LogP contribution in [0.4, 0.5) is 4.39 Å². The standard InChI is InChI=1S/C17H15BrFNS/c1-10-9-15(21-17(10)18)16(20-2)13-7-8-14(19)12-6-4-3-5-11(12)13/h3-9,16,20H,1-2H3. The maximum Gasteiger partial charge on any atom is 0.131 e. The van der Waals surface area contributed by atoms with E-state index in [2.05, 4.69) is 34.2 Å². The highest BCUT2D eigenvalue weighted by atomic mass is 79.9. The number of rotatable bonds is 3. The van der Waals surface area contributed by atoms with Gasteiger partial charge in [0.25, 0.3) is 0 Å². The second kappa shape index (κ2) is 5.87. The van der Waals surface area contributed by atoms with Crippen LogP contribution in [0.1, 0.15) is 22.0 Å². The van der Waals surface area contributed by atoms with Crippen molar-refractivity contribution in [1.29, 1.82) is 0 Å². The highest BCUT2D eigenvalue weighted by Gasteiger charge is 2.18. The lowest BCUT2D eigenvalue weighted by molar-refractivity contribution is 0.637. The first-order valence-corrected chi connectivity index (χ1v) is 8.33. The van der Waals surface area contributed by atoms with Crippen molar-refractivity contribution in [1.82, 2.24) is 5.32 Å². The maximum absolute atomic E-state index is 14.0. The lowest BCUT2D eigenvalue weighted by Crippen LogP contribution is -2.17. The van der Waals surface area contributed by atoms with Crippen molar-refractivity contribution in [2.75, 3.05) is 7.05 Å². The molecule has 0 saturated carbocycles. The molecule has 0 radical (unpaired) electrons. The van der Waals surface area contributed by atoms with Crippen molar-refractivity contribution in [3.05, 3.63) is 68.1 Å². The lowest BCUT2D eigenvalue weighted by Gasteiger charge is -2.17. The van der Waals surface area contributed by atoms with Gasteiger partial charge in [-0.25, -0.2) is 4.39 Å². The molecule has 108 valence electrons. The SMILES string of the molecule is CNC(c1cc(C)c(Br)s1)c1ccc(F)c2ccccc12. The molecule has 1 atom stereocenters. The molecule has 0 aliphatic heterocycles. The third-order valence-corrected chi connectivity index (χ3v) is 5.87.